The molecule has 0 fully saturated rings. The Morgan fingerprint density at radius 1 is 1.50 bits per heavy atom. The van der Waals surface area contributed by atoms with Gasteiger partial charge in [-0.2, -0.15) is 11.8 Å². The number of hydrogen-bond donors (Lipinski definition) is 1. The quantitative estimate of drug-likeness (QED) is 0.805. The lowest BCUT2D eigenvalue weighted by atomic mass is 10.5. The van der Waals surface area contributed by atoms with Gasteiger partial charge < -0.3 is 10.2 Å². The molecule has 0 aliphatic carbocycles. The van der Waals surface area contributed by atoms with Crippen LogP contribution in [0.1, 0.15) is 12.1 Å². The molecule has 0 amide bonds. The van der Waals surface area contributed by atoms with Crippen LogP contribution in [0.15, 0.2) is 28.2 Å². The predicted octanol–water partition coefficient (Wildman–Crippen LogP) is 2.99. The van der Waals surface area contributed by atoms with Crippen molar-refractivity contribution in [1.29, 1.82) is 0 Å². The molecule has 0 spiro atoms. The molecule has 2 aromatic rings. The molecule has 2 N–H and O–H groups in total. The number of thiazole rings is 1. The second-order valence-electron chi connectivity index (χ2n) is 3.32. The summed E-state index contributed by atoms with van der Waals surface area (Å²) in [6.07, 6.45) is 2.74. The molecule has 0 atom stereocenters. The van der Waals surface area contributed by atoms with Crippen LogP contribution in [-0.4, -0.2) is 17.3 Å². The maximum absolute atomic E-state index is 5.44. The van der Waals surface area contributed by atoms with E-state index in [9.17, 15) is 0 Å². The van der Waals surface area contributed by atoms with Crippen molar-refractivity contribution in [1.82, 2.24) is 4.98 Å². The summed E-state index contributed by atoms with van der Waals surface area (Å²) >= 11 is 3.50. The lowest BCUT2D eigenvalue weighted by molar-refractivity contribution is 0.581. The average Bonchev–Trinajstić information content (AvgIpc) is 2.94. The third-order valence-electron chi connectivity index (χ3n) is 2.03. The zero-order valence-electron chi connectivity index (χ0n) is 8.89. The van der Waals surface area contributed by atoms with Gasteiger partial charge in [-0.1, -0.05) is 0 Å². The first-order chi connectivity index (χ1) is 7.90. The van der Waals surface area contributed by atoms with Crippen molar-refractivity contribution < 1.29 is 4.42 Å². The van der Waals surface area contributed by atoms with E-state index in [1.54, 1.807) is 17.6 Å². The molecule has 5 heteroatoms. The molecule has 0 bridgehead atoms. The van der Waals surface area contributed by atoms with Crippen LogP contribution in [0.3, 0.4) is 0 Å². The number of nitrogens with zero attached hydrogens (tertiary/aromatic N) is 1. The molecule has 0 aliphatic heterocycles. The maximum Gasteiger partial charge on any atom is 0.162 e. The summed E-state index contributed by atoms with van der Waals surface area (Å²) < 4.78 is 5.30. The van der Waals surface area contributed by atoms with E-state index < -0.39 is 0 Å². The Labute approximate surface area is 103 Å². The summed E-state index contributed by atoms with van der Waals surface area (Å²) in [5, 5.41) is 3.05. The van der Waals surface area contributed by atoms with Gasteiger partial charge in [-0.25, -0.2) is 4.98 Å². The van der Waals surface area contributed by atoms with Gasteiger partial charge >= 0.3 is 0 Å². The maximum atomic E-state index is 5.44. The number of rotatable bonds is 6. The number of furan rings is 1. The van der Waals surface area contributed by atoms with Crippen LogP contribution in [0.25, 0.3) is 10.8 Å². The molecule has 2 rings (SSSR count). The fraction of sp³-hybridized carbons (Fsp3) is 0.364. The van der Waals surface area contributed by atoms with Gasteiger partial charge in [0.2, 0.25) is 0 Å². The topological polar surface area (TPSA) is 52.0 Å². The zero-order valence-corrected chi connectivity index (χ0v) is 10.5. The van der Waals surface area contributed by atoms with Crippen LogP contribution < -0.4 is 5.73 Å². The smallest absolute Gasteiger partial charge is 0.162 e. The van der Waals surface area contributed by atoms with Crippen molar-refractivity contribution in [3.63, 3.8) is 0 Å². The van der Waals surface area contributed by atoms with Crippen LogP contribution in [0.5, 0.6) is 0 Å². The van der Waals surface area contributed by atoms with E-state index in [2.05, 4.69) is 10.4 Å². The molecular weight excluding hydrogens is 240 g/mol. The third kappa shape index (κ3) is 3.10. The van der Waals surface area contributed by atoms with Crippen molar-refractivity contribution in [2.75, 3.05) is 12.3 Å². The molecule has 0 aromatic carbocycles. The molecule has 0 saturated heterocycles. The lowest BCUT2D eigenvalue weighted by Crippen LogP contribution is -1.99. The highest BCUT2D eigenvalue weighted by molar-refractivity contribution is 7.98. The molecule has 0 saturated carbocycles. The van der Waals surface area contributed by atoms with E-state index in [1.807, 2.05) is 23.9 Å². The Kier molecular flexibility index (Phi) is 4.44. The molecule has 0 aliphatic rings. The van der Waals surface area contributed by atoms with E-state index in [4.69, 9.17) is 10.2 Å². The number of hydrogen-bond acceptors (Lipinski definition) is 5. The van der Waals surface area contributed by atoms with Gasteiger partial charge in [0.25, 0.3) is 0 Å². The minimum absolute atomic E-state index is 0.766. The van der Waals surface area contributed by atoms with Gasteiger partial charge in [0, 0.05) is 11.1 Å². The highest BCUT2D eigenvalue weighted by atomic mass is 32.2. The van der Waals surface area contributed by atoms with E-state index in [0.717, 1.165) is 40.9 Å². The number of nitrogens with two attached hydrogens (primary N) is 1. The molecule has 0 unspecified atom stereocenters. The standard InChI is InChI=1S/C11H14N2OS2/c12-4-2-6-15-7-9-8-16-11(13-9)10-3-1-5-14-10/h1,3,5,8H,2,4,6-7,12H2. The summed E-state index contributed by atoms with van der Waals surface area (Å²) in [6, 6.07) is 3.82. The van der Waals surface area contributed by atoms with Crippen molar-refractivity contribution in [2.24, 2.45) is 5.73 Å². The fourth-order valence-corrected chi connectivity index (χ4v) is 3.01. The van der Waals surface area contributed by atoms with Crippen LogP contribution in [0.2, 0.25) is 0 Å². The van der Waals surface area contributed by atoms with E-state index >= 15 is 0 Å². The van der Waals surface area contributed by atoms with Crippen LogP contribution >= 0.6 is 23.1 Å². The fourth-order valence-electron chi connectivity index (χ4n) is 1.25. The lowest BCUT2D eigenvalue weighted by Gasteiger charge is -1.96. The highest BCUT2D eigenvalue weighted by Gasteiger charge is 2.06. The molecule has 86 valence electrons. The summed E-state index contributed by atoms with van der Waals surface area (Å²) in [5.74, 6) is 2.91. The number of aromatic nitrogens is 1. The minimum Gasteiger partial charge on any atom is -0.462 e. The Morgan fingerprint density at radius 2 is 2.44 bits per heavy atom. The van der Waals surface area contributed by atoms with Crippen LogP contribution in [0, 0.1) is 0 Å². The normalized spacial score (nSPS) is 10.8. The Bertz CT molecular complexity index is 411. The minimum atomic E-state index is 0.766. The molecule has 3 nitrogen and oxygen atoms in total. The van der Waals surface area contributed by atoms with Gasteiger partial charge in [0.1, 0.15) is 0 Å². The van der Waals surface area contributed by atoms with Gasteiger partial charge in [0.15, 0.2) is 10.8 Å². The van der Waals surface area contributed by atoms with E-state index in [1.165, 1.54) is 0 Å². The summed E-state index contributed by atoms with van der Waals surface area (Å²) in [4.78, 5) is 4.52. The monoisotopic (exact) mass is 254 g/mol. The molecule has 2 heterocycles. The predicted molar refractivity (Wildman–Crippen MR) is 69.6 cm³/mol. The second-order valence-corrected chi connectivity index (χ2v) is 5.28. The SMILES string of the molecule is NCCCSCc1csc(-c2ccco2)n1. The van der Waals surface area contributed by atoms with Gasteiger partial charge in [-0.15, -0.1) is 11.3 Å². The van der Waals surface area contributed by atoms with Gasteiger partial charge in [-0.3, -0.25) is 0 Å². The van der Waals surface area contributed by atoms with Gasteiger partial charge in [-0.05, 0) is 30.9 Å². The highest BCUT2D eigenvalue weighted by Crippen LogP contribution is 2.25. The number of thioether (sulfide) groups is 1. The van der Waals surface area contributed by atoms with Crippen molar-refractivity contribution >= 4 is 23.1 Å². The third-order valence-corrected chi connectivity index (χ3v) is 4.01. The average molecular weight is 254 g/mol. The molecule has 16 heavy (non-hydrogen) atoms. The second kappa shape index (κ2) is 6.08. The van der Waals surface area contributed by atoms with Crippen LogP contribution in [-0.2, 0) is 5.75 Å². The zero-order chi connectivity index (χ0) is 11.2. The Hall–Kier alpha value is -0.780. The molecule has 2 aromatic heterocycles. The van der Waals surface area contributed by atoms with Gasteiger partial charge in [0.05, 0.1) is 12.0 Å². The summed E-state index contributed by atoms with van der Waals surface area (Å²) in [5.41, 5.74) is 6.56. The molecular formula is C11H14N2OS2. The van der Waals surface area contributed by atoms with Crippen molar-refractivity contribution in [3.8, 4) is 10.8 Å². The first-order valence-corrected chi connectivity index (χ1v) is 7.19. The van der Waals surface area contributed by atoms with E-state index in [-0.39, 0.29) is 0 Å². The summed E-state index contributed by atoms with van der Waals surface area (Å²) in [6.45, 7) is 0.766. The first-order valence-electron chi connectivity index (χ1n) is 5.16. The summed E-state index contributed by atoms with van der Waals surface area (Å²) in [7, 11) is 0. The molecule has 0 radical (unpaired) electrons. The Morgan fingerprint density at radius 3 is 3.19 bits per heavy atom. The van der Waals surface area contributed by atoms with Crippen LogP contribution in [0.4, 0.5) is 0 Å². The van der Waals surface area contributed by atoms with E-state index in [0.29, 0.717) is 0 Å². The largest absolute Gasteiger partial charge is 0.462 e. The van der Waals surface area contributed by atoms with Crippen molar-refractivity contribution in [2.45, 2.75) is 12.2 Å². The first kappa shape index (κ1) is 11.7. The Balaban J connectivity index is 1.88. The van der Waals surface area contributed by atoms with Crippen molar-refractivity contribution in [3.05, 3.63) is 29.5 Å².